The number of benzene rings is 2. The van der Waals surface area contributed by atoms with Gasteiger partial charge in [-0.2, -0.15) is 5.26 Å². The first-order valence-electron chi connectivity index (χ1n) is 8.71. The Kier molecular flexibility index (Phi) is 4.74. The number of rotatable bonds is 4. The van der Waals surface area contributed by atoms with E-state index in [1.807, 2.05) is 6.07 Å². The largest absolute Gasteiger partial charge is 0.493 e. The van der Waals surface area contributed by atoms with Crippen molar-refractivity contribution >= 4 is 41.1 Å². The molecule has 3 aromatic rings. The third-order valence-corrected chi connectivity index (χ3v) is 4.93. The third-order valence-electron chi connectivity index (χ3n) is 4.69. The molecule has 0 bridgehead atoms. The molecule has 0 saturated heterocycles. The monoisotopic (exact) mass is 420 g/mol. The second-order valence-corrected chi connectivity index (χ2v) is 6.97. The summed E-state index contributed by atoms with van der Waals surface area (Å²) in [6.45, 7) is 0. The number of carboxylic acid groups (broad SMARTS) is 1. The molecule has 0 spiro atoms. The van der Waals surface area contributed by atoms with Crippen molar-refractivity contribution in [1.82, 2.24) is 9.55 Å². The molecule has 1 unspecified atom stereocenters. The summed E-state index contributed by atoms with van der Waals surface area (Å²) in [6.07, 6.45) is 3.07. The van der Waals surface area contributed by atoms with Crippen molar-refractivity contribution in [2.45, 2.75) is 6.04 Å². The molecule has 0 aliphatic carbocycles. The molecule has 30 heavy (non-hydrogen) atoms. The van der Waals surface area contributed by atoms with E-state index in [0.717, 1.165) is 10.1 Å². The number of carboxylic acids is 1. The van der Waals surface area contributed by atoms with Crippen LogP contribution in [-0.2, 0) is 4.79 Å². The average Bonchev–Trinajstić information content (AvgIpc) is 3.24. The summed E-state index contributed by atoms with van der Waals surface area (Å²) < 4.78 is 0.755. The van der Waals surface area contributed by atoms with E-state index in [0.29, 0.717) is 21.8 Å². The van der Waals surface area contributed by atoms with Crippen molar-refractivity contribution in [3.05, 3.63) is 80.4 Å². The van der Waals surface area contributed by atoms with Crippen LogP contribution in [0.5, 0.6) is 5.88 Å². The van der Waals surface area contributed by atoms with Gasteiger partial charge < -0.3 is 15.2 Å². The van der Waals surface area contributed by atoms with Crippen LogP contribution in [0, 0.1) is 11.3 Å². The molecule has 1 aliphatic heterocycles. The number of aromatic hydroxyl groups is 1. The van der Waals surface area contributed by atoms with Crippen LogP contribution in [0.2, 0.25) is 5.02 Å². The molecule has 0 saturated carbocycles. The summed E-state index contributed by atoms with van der Waals surface area (Å²) in [5, 5.41) is 29.8. The van der Waals surface area contributed by atoms with Crippen LogP contribution in [0.15, 0.2) is 52.3 Å². The lowest BCUT2D eigenvalue weighted by Crippen LogP contribution is -2.28. The normalized spacial score (nSPS) is 14.5. The Morgan fingerprint density at radius 3 is 2.67 bits per heavy atom. The highest BCUT2D eigenvalue weighted by Gasteiger charge is 2.28. The SMILES string of the molecule is N#Cc1ccc(C(C(=O)O)n2c(O)c(/C=C3\C=Nc4cc(Cl)ccc43)[nH]c2=O)cc1. The number of allylic oxidation sites excluding steroid dienone is 1. The molecule has 1 atom stereocenters. The number of imidazole rings is 1. The fourth-order valence-electron chi connectivity index (χ4n) is 3.27. The van der Waals surface area contributed by atoms with E-state index in [2.05, 4.69) is 9.98 Å². The highest BCUT2D eigenvalue weighted by molar-refractivity contribution is 6.31. The summed E-state index contributed by atoms with van der Waals surface area (Å²) in [5.74, 6) is -1.86. The van der Waals surface area contributed by atoms with Gasteiger partial charge in [0.25, 0.3) is 0 Å². The van der Waals surface area contributed by atoms with Crippen LogP contribution in [0.4, 0.5) is 5.69 Å². The molecule has 0 fully saturated rings. The first kappa shape index (κ1) is 19.2. The van der Waals surface area contributed by atoms with Gasteiger partial charge in [0.1, 0.15) is 5.69 Å². The minimum atomic E-state index is -1.48. The Balaban J connectivity index is 1.79. The summed E-state index contributed by atoms with van der Waals surface area (Å²) in [6, 6.07) is 11.4. The molecular weight excluding hydrogens is 408 g/mol. The number of hydrogen-bond donors (Lipinski definition) is 3. The first-order valence-corrected chi connectivity index (χ1v) is 9.09. The Morgan fingerprint density at radius 1 is 1.27 bits per heavy atom. The van der Waals surface area contributed by atoms with E-state index in [4.69, 9.17) is 16.9 Å². The minimum absolute atomic E-state index is 0.0455. The fourth-order valence-corrected chi connectivity index (χ4v) is 3.44. The zero-order chi connectivity index (χ0) is 21.4. The zero-order valence-corrected chi connectivity index (χ0v) is 16.0. The highest BCUT2D eigenvalue weighted by atomic mass is 35.5. The van der Waals surface area contributed by atoms with Crippen LogP contribution in [0.3, 0.4) is 0 Å². The van der Waals surface area contributed by atoms with Gasteiger partial charge in [-0.1, -0.05) is 29.8 Å². The summed E-state index contributed by atoms with van der Waals surface area (Å²) >= 11 is 5.96. The predicted octanol–water partition coefficient (Wildman–Crippen LogP) is 3.34. The summed E-state index contributed by atoms with van der Waals surface area (Å²) in [7, 11) is 0. The number of hydrogen-bond acceptors (Lipinski definition) is 5. The number of aromatic nitrogens is 2. The molecule has 3 N–H and O–H groups in total. The van der Waals surface area contributed by atoms with Gasteiger partial charge in [-0.15, -0.1) is 0 Å². The maximum atomic E-state index is 12.5. The van der Waals surface area contributed by atoms with Gasteiger partial charge in [-0.25, -0.2) is 14.2 Å². The molecule has 2 heterocycles. The van der Waals surface area contributed by atoms with E-state index in [9.17, 15) is 19.8 Å². The average molecular weight is 421 g/mol. The van der Waals surface area contributed by atoms with E-state index in [1.54, 1.807) is 24.4 Å². The van der Waals surface area contributed by atoms with Gasteiger partial charge in [-0.3, -0.25) is 4.99 Å². The van der Waals surface area contributed by atoms with E-state index in [-0.39, 0.29) is 11.3 Å². The zero-order valence-electron chi connectivity index (χ0n) is 15.2. The Labute approximate surface area is 174 Å². The molecule has 0 amide bonds. The topological polar surface area (TPSA) is 131 Å². The summed E-state index contributed by atoms with van der Waals surface area (Å²) in [4.78, 5) is 31.2. The molecule has 4 rings (SSSR count). The summed E-state index contributed by atoms with van der Waals surface area (Å²) in [5.41, 5.74) is 1.87. The van der Waals surface area contributed by atoms with Crippen molar-refractivity contribution in [2.24, 2.45) is 4.99 Å². The van der Waals surface area contributed by atoms with Crippen LogP contribution >= 0.6 is 11.6 Å². The maximum absolute atomic E-state index is 12.5. The number of nitrogens with zero attached hydrogens (tertiary/aromatic N) is 3. The second-order valence-electron chi connectivity index (χ2n) is 6.53. The molecular formula is C21H13ClN4O4. The van der Waals surface area contributed by atoms with Gasteiger partial charge in [-0.05, 0) is 35.9 Å². The lowest BCUT2D eigenvalue weighted by Gasteiger charge is -2.14. The molecule has 8 nitrogen and oxygen atoms in total. The quantitative estimate of drug-likeness (QED) is 0.595. The van der Waals surface area contributed by atoms with Gasteiger partial charge in [0, 0.05) is 22.4 Å². The van der Waals surface area contributed by atoms with Crippen molar-refractivity contribution in [2.75, 3.05) is 0 Å². The maximum Gasteiger partial charge on any atom is 0.331 e. The minimum Gasteiger partial charge on any atom is -0.493 e. The number of aliphatic carboxylic acids is 1. The lowest BCUT2D eigenvalue weighted by atomic mass is 10.0. The van der Waals surface area contributed by atoms with Gasteiger partial charge in [0.2, 0.25) is 5.88 Å². The van der Waals surface area contributed by atoms with E-state index >= 15 is 0 Å². The van der Waals surface area contributed by atoms with E-state index < -0.39 is 23.6 Å². The number of H-pyrrole nitrogens is 1. The number of halogens is 1. The van der Waals surface area contributed by atoms with Gasteiger partial charge >= 0.3 is 11.7 Å². The number of nitriles is 1. The smallest absolute Gasteiger partial charge is 0.331 e. The Hall–Kier alpha value is -4.09. The van der Waals surface area contributed by atoms with Crippen LogP contribution < -0.4 is 5.69 Å². The van der Waals surface area contributed by atoms with E-state index in [1.165, 1.54) is 30.3 Å². The Bertz CT molecular complexity index is 1330. The van der Waals surface area contributed by atoms with Crippen molar-refractivity contribution in [1.29, 1.82) is 5.26 Å². The van der Waals surface area contributed by atoms with Crippen LogP contribution in [-0.4, -0.2) is 31.9 Å². The second kappa shape index (κ2) is 7.39. The standard InChI is InChI=1S/C21H13ClN4O4/c22-14-5-6-15-13(10-24-16(15)8-14)7-17-19(27)26(21(30)25-17)18(20(28)29)12-3-1-11(9-23)2-4-12/h1-8,10,18,27H,(H,25,30)(H,28,29)/b13-7+. The van der Waals surface area contributed by atoms with Crippen molar-refractivity contribution in [3.8, 4) is 11.9 Å². The van der Waals surface area contributed by atoms with Gasteiger partial charge in [0.15, 0.2) is 6.04 Å². The number of aromatic amines is 1. The number of carbonyl (C=O) groups is 1. The van der Waals surface area contributed by atoms with Gasteiger partial charge in [0.05, 0.1) is 17.3 Å². The first-order chi connectivity index (χ1) is 14.4. The molecule has 1 aliphatic rings. The lowest BCUT2D eigenvalue weighted by molar-refractivity contribution is -0.139. The van der Waals surface area contributed by atoms with Crippen molar-refractivity contribution < 1.29 is 15.0 Å². The molecule has 0 radical (unpaired) electrons. The highest BCUT2D eigenvalue weighted by Crippen LogP contribution is 2.35. The number of nitrogens with one attached hydrogen (secondary N) is 1. The number of fused-ring (bicyclic) bond motifs is 1. The molecule has 1 aromatic heterocycles. The molecule has 148 valence electrons. The Morgan fingerprint density at radius 2 is 2.00 bits per heavy atom. The van der Waals surface area contributed by atoms with Crippen LogP contribution in [0.1, 0.15) is 28.4 Å². The van der Waals surface area contributed by atoms with Crippen molar-refractivity contribution in [3.63, 3.8) is 0 Å². The fraction of sp³-hybridized carbons (Fsp3) is 0.0476. The number of aliphatic imine (C=N–C) groups is 1. The molecule has 9 heteroatoms. The third kappa shape index (κ3) is 3.27. The molecule has 2 aromatic carbocycles. The predicted molar refractivity (Wildman–Crippen MR) is 111 cm³/mol. The van der Waals surface area contributed by atoms with Crippen LogP contribution in [0.25, 0.3) is 11.6 Å².